The first-order chi connectivity index (χ1) is 2.56. The van der Waals surface area contributed by atoms with E-state index in [4.69, 9.17) is 0 Å². The fourth-order valence-electron chi connectivity index (χ4n) is 0. The summed E-state index contributed by atoms with van der Waals surface area (Å²) in [6.07, 6.45) is 0. The summed E-state index contributed by atoms with van der Waals surface area (Å²) in [7, 11) is 0. The van der Waals surface area contributed by atoms with Crippen LogP contribution in [-0.4, -0.2) is 14.2 Å². The van der Waals surface area contributed by atoms with Crippen molar-refractivity contribution in [1.29, 1.82) is 0 Å². The topological polar surface area (TPSA) is 63.2 Å². The van der Waals surface area contributed by atoms with E-state index in [0.29, 0.717) is 0 Å². The van der Waals surface area contributed by atoms with E-state index < -0.39 is 14.2 Å². The van der Waals surface area contributed by atoms with E-state index in [1.54, 1.807) is 0 Å². The van der Waals surface area contributed by atoms with Gasteiger partial charge in [-0.2, -0.15) is 0 Å². The first-order valence-electron chi connectivity index (χ1n) is 1.57. The molecular weight excluding hydrogens is 193 g/mol. The van der Waals surface area contributed by atoms with E-state index in [-0.39, 0.29) is 64.3 Å². The molecule has 0 aliphatic carbocycles. The molecular formula is C2H5AsNa2O3. The Kier molecular flexibility index (Phi) is 15.4. The van der Waals surface area contributed by atoms with Crippen molar-refractivity contribution in [3.05, 3.63) is 0 Å². The van der Waals surface area contributed by atoms with Crippen LogP contribution in [0.4, 0.5) is 0 Å². The van der Waals surface area contributed by atoms with Gasteiger partial charge in [-0.3, -0.25) is 0 Å². The third kappa shape index (κ3) is 15.7. The minimum Gasteiger partial charge on any atom is 1.00 e. The van der Waals surface area contributed by atoms with Crippen LogP contribution in [0.5, 0.6) is 0 Å². The molecule has 0 saturated carbocycles. The summed E-state index contributed by atoms with van der Waals surface area (Å²) in [5.41, 5.74) is 0. The predicted octanol–water partition coefficient (Wildman–Crippen LogP) is -7.90. The van der Waals surface area contributed by atoms with Gasteiger partial charge < -0.3 is 0 Å². The second-order valence-electron chi connectivity index (χ2n) is 0.927. The zero-order chi connectivity index (χ0) is 5.21. The van der Waals surface area contributed by atoms with E-state index in [2.05, 4.69) is 0 Å². The number of hydrogen-bond acceptors (Lipinski definition) is 3. The Morgan fingerprint density at radius 2 is 1.50 bits per heavy atom. The van der Waals surface area contributed by atoms with Crippen LogP contribution in [0.25, 0.3) is 0 Å². The normalized spacial score (nSPS) is 8.88. The summed E-state index contributed by atoms with van der Waals surface area (Å²) < 4.78 is 28.6. The van der Waals surface area contributed by atoms with E-state index in [0.717, 1.165) is 0 Å². The largest absolute Gasteiger partial charge is 1.00 e. The van der Waals surface area contributed by atoms with Gasteiger partial charge in [-0.25, -0.2) is 0 Å². The van der Waals surface area contributed by atoms with Crippen molar-refractivity contribution < 1.29 is 71.0 Å². The molecule has 0 saturated heterocycles. The Bertz CT molecular complexity index is 79.4. The van der Waals surface area contributed by atoms with Gasteiger partial charge in [0.25, 0.3) is 0 Å². The van der Waals surface area contributed by atoms with Crippen LogP contribution in [0.15, 0.2) is 0 Å². The Hall–Kier alpha value is 2.28. The van der Waals surface area contributed by atoms with Crippen molar-refractivity contribution in [1.82, 2.24) is 0 Å². The molecule has 0 radical (unpaired) electrons. The maximum atomic E-state index is 9.53. The van der Waals surface area contributed by atoms with Crippen molar-refractivity contribution in [2.24, 2.45) is 0 Å². The van der Waals surface area contributed by atoms with Gasteiger partial charge in [0.05, 0.1) is 0 Å². The molecule has 3 nitrogen and oxygen atoms in total. The summed E-state index contributed by atoms with van der Waals surface area (Å²) in [6.45, 7) is 1.35. The minimum atomic E-state index is -4.66. The van der Waals surface area contributed by atoms with Gasteiger partial charge in [-0.1, -0.05) is 0 Å². The molecule has 0 atom stereocenters. The predicted molar refractivity (Wildman–Crippen MR) is 16.9 cm³/mol. The zero-order valence-electron chi connectivity index (χ0n) is 5.38. The van der Waals surface area contributed by atoms with Crippen molar-refractivity contribution >= 4 is 14.2 Å². The van der Waals surface area contributed by atoms with Gasteiger partial charge in [0.15, 0.2) is 0 Å². The summed E-state index contributed by atoms with van der Waals surface area (Å²) in [5.74, 6) is 0. The maximum absolute atomic E-state index is 9.53. The molecule has 0 aliphatic heterocycles. The van der Waals surface area contributed by atoms with E-state index in [9.17, 15) is 11.9 Å². The Morgan fingerprint density at radius 1 is 1.38 bits per heavy atom. The first-order valence-corrected chi connectivity index (χ1v) is 5.20. The average molecular weight is 198 g/mol. The average Bonchev–Trinajstić information content (AvgIpc) is 1.35. The molecule has 0 unspecified atom stereocenters. The molecule has 38 valence electrons. The quantitative estimate of drug-likeness (QED) is 0.393. The monoisotopic (exact) mass is 198 g/mol. The second-order valence-corrected chi connectivity index (χ2v) is 4.82. The zero-order valence-corrected chi connectivity index (χ0v) is 11.3. The van der Waals surface area contributed by atoms with E-state index in [1.165, 1.54) is 6.92 Å². The second kappa shape index (κ2) is 7.39. The van der Waals surface area contributed by atoms with Gasteiger partial charge in [-0.15, -0.1) is 0 Å². The van der Waals surface area contributed by atoms with Crippen molar-refractivity contribution in [2.45, 2.75) is 12.1 Å². The molecule has 0 rings (SSSR count). The summed E-state index contributed by atoms with van der Waals surface area (Å²) in [4.78, 5) is 0. The van der Waals surface area contributed by atoms with Crippen LogP contribution in [-0.2, 0) is 3.74 Å². The molecule has 0 aromatic carbocycles. The van der Waals surface area contributed by atoms with Crippen LogP contribution in [0.1, 0.15) is 6.92 Å². The van der Waals surface area contributed by atoms with Crippen LogP contribution < -0.4 is 67.3 Å². The molecule has 0 N–H and O–H groups in total. The van der Waals surface area contributed by atoms with Crippen molar-refractivity contribution in [2.75, 3.05) is 0 Å². The fraction of sp³-hybridized carbons (Fsp3) is 1.00. The molecule has 6 heteroatoms. The molecule has 0 spiro atoms. The molecule has 0 aromatic heterocycles. The standard InChI is InChI=1S/C2H7AsO3.2Na/c1-2-3(4,5)6;;/h2H2,1H3,(H2,4,5,6);;/q;2*+1/p-2. The van der Waals surface area contributed by atoms with E-state index in [1.807, 2.05) is 0 Å². The van der Waals surface area contributed by atoms with Crippen LogP contribution in [0, 0.1) is 0 Å². The van der Waals surface area contributed by atoms with Gasteiger partial charge in [0.1, 0.15) is 0 Å². The molecule has 0 aliphatic rings. The SMILES string of the molecule is CC[As](=O)([O-])[O-].[Na+].[Na+]. The third-order valence-corrected chi connectivity index (χ3v) is 2.01. The Balaban J connectivity index is -0.000000125. The van der Waals surface area contributed by atoms with Crippen LogP contribution >= 0.6 is 0 Å². The molecule has 0 fully saturated rings. The minimum absolute atomic E-state index is 0. The molecule has 0 bridgehead atoms. The van der Waals surface area contributed by atoms with E-state index >= 15 is 0 Å². The third-order valence-electron chi connectivity index (χ3n) is 0.387. The maximum Gasteiger partial charge on any atom is 1.00 e. The number of hydrogen-bond donors (Lipinski definition) is 0. The fourth-order valence-corrected chi connectivity index (χ4v) is 0. The van der Waals surface area contributed by atoms with Crippen molar-refractivity contribution in [3.8, 4) is 0 Å². The smallest absolute Gasteiger partial charge is 1.00 e. The summed E-state index contributed by atoms with van der Waals surface area (Å²) >= 11 is -4.66. The van der Waals surface area contributed by atoms with Gasteiger partial charge in [0.2, 0.25) is 0 Å². The van der Waals surface area contributed by atoms with Gasteiger partial charge in [-0.05, 0) is 0 Å². The van der Waals surface area contributed by atoms with Crippen molar-refractivity contribution in [3.63, 3.8) is 0 Å². The molecule has 0 aromatic rings. The van der Waals surface area contributed by atoms with Crippen LogP contribution in [0.3, 0.4) is 0 Å². The first kappa shape index (κ1) is 16.7. The Labute approximate surface area is 95.8 Å². The van der Waals surface area contributed by atoms with Gasteiger partial charge in [0, 0.05) is 0 Å². The summed E-state index contributed by atoms with van der Waals surface area (Å²) in [5, 5.41) is -0.224. The van der Waals surface area contributed by atoms with Crippen LogP contribution in [0.2, 0.25) is 5.21 Å². The number of rotatable bonds is 1. The molecule has 8 heavy (non-hydrogen) atoms. The van der Waals surface area contributed by atoms with Gasteiger partial charge >= 0.3 is 97.4 Å². The Morgan fingerprint density at radius 3 is 1.50 bits per heavy atom. The molecule has 0 heterocycles. The molecule has 0 amide bonds. The summed E-state index contributed by atoms with van der Waals surface area (Å²) in [6, 6.07) is 0.